The third-order valence-electron chi connectivity index (χ3n) is 3.61. The van der Waals surface area contributed by atoms with Crippen molar-refractivity contribution in [1.29, 1.82) is 0 Å². The monoisotopic (exact) mass is 316 g/mol. The van der Waals surface area contributed by atoms with Crippen LogP contribution in [-0.4, -0.2) is 18.4 Å². The molecule has 3 nitrogen and oxygen atoms in total. The molecule has 0 N–H and O–H groups in total. The maximum absolute atomic E-state index is 11.7. The van der Waals surface area contributed by atoms with Crippen LogP contribution in [0.15, 0.2) is 46.6 Å². The molecular formula is C20H28O3. The molecule has 1 aliphatic heterocycles. The number of rotatable bonds is 9. The summed E-state index contributed by atoms with van der Waals surface area (Å²) < 4.78 is 4.88. The number of allylic oxidation sites excluding steroid dienone is 6. The van der Waals surface area contributed by atoms with Gasteiger partial charge in [-0.25, -0.2) is 4.79 Å². The van der Waals surface area contributed by atoms with Crippen LogP contribution in [0, 0.1) is 0 Å². The summed E-state index contributed by atoms with van der Waals surface area (Å²) in [6.45, 7) is 8.47. The molecule has 0 aromatic heterocycles. The minimum atomic E-state index is -0.219. The molecular weight excluding hydrogens is 288 g/mol. The van der Waals surface area contributed by atoms with Gasteiger partial charge in [-0.2, -0.15) is 0 Å². The van der Waals surface area contributed by atoms with Gasteiger partial charge in [0.1, 0.15) is 6.61 Å². The van der Waals surface area contributed by atoms with Crippen molar-refractivity contribution in [1.82, 2.24) is 0 Å². The van der Waals surface area contributed by atoms with E-state index in [1.54, 1.807) is 12.2 Å². The van der Waals surface area contributed by atoms with E-state index >= 15 is 0 Å². The summed E-state index contributed by atoms with van der Waals surface area (Å²) >= 11 is 0. The molecule has 0 unspecified atom stereocenters. The van der Waals surface area contributed by atoms with Gasteiger partial charge in [0.15, 0.2) is 5.78 Å². The van der Waals surface area contributed by atoms with Crippen molar-refractivity contribution in [2.75, 3.05) is 6.61 Å². The summed E-state index contributed by atoms with van der Waals surface area (Å²) in [6, 6.07) is 0. The Labute approximate surface area is 139 Å². The average molecular weight is 316 g/mol. The Morgan fingerprint density at radius 1 is 1.13 bits per heavy atom. The quantitative estimate of drug-likeness (QED) is 0.347. The van der Waals surface area contributed by atoms with Crippen molar-refractivity contribution >= 4 is 11.8 Å². The fraction of sp³-hybridized carbons (Fsp3) is 0.500. The molecule has 1 aliphatic rings. The first-order valence-electron chi connectivity index (χ1n) is 8.22. The van der Waals surface area contributed by atoms with Crippen molar-refractivity contribution in [3.05, 3.63) is 46.6 Å². The van der Waals surface area contributed by atoms with Gasteiger partial charge >= 0.3 is 5.97 Å². The van der Waals surface area contributed by atoms with E-state index in [4.69, 9.17) is 4.74 Å². The highest BCUT2D eigenvalue weighted by molar-refractivity contribution is 5.91. The topological polar surface area (TPSA) is 43.4 Å². The highest BCUT2D eigenvalue weighted by atomic mass is 16.5. The molecule has 0 spiro atoms. The Balaban J connectivity index is 2.27. The van der Waals surface area contributed by atoms with E-state index in [0.717, 1.165) is 42.4 Å². The van der Waals surface area contributed by atoms with Gasteiger partial charge in [-0.15, -0.1) is 0 Å². The molecule has 0 aromatic carbocycles. The smallest absolute Gasteiger partial charge is 0.331 e. The van der Waals surface area contributed by atoms with Crippen molar-refractivity contribution < 1.29 is 14.3 Å². The van der Waals surface area contributed by atoms with Crippen molar-refractivity contribution in [2.24, 2.45) is 0 Å². The van der Waals surface area contributed by atoms with Crippen LogP contribution in [0.3, 0.4) is 0 Å². The molecule has 0 fully saturated rings. The molecule has 3 heteroatoms. The number of cyclic esters (lactones) is 1. The van der Waals surface area contributed by atoms with Gasteiger partial charge in [-0.3, -0.25) is 4.79 Å². The lowest BCUT2D eigenvalue weighted by molar-refractivity contribution is -0.135. The first kappa shape index (κ1) is 19.1. The molecule has 0 saturated heterocycles. The van der Waals surface area contributed by atoms with Crippen LogP contribution in [0.2, 0.25) is 0 Å². The SMILES string of the molecule is CC(C)=CC(=O)CC(C)=CCCC(C)=CCCC1=CC(=O)OC1. The van der Waals surface area contributed by atoms with E-state index in [0.29, 0.717) is 13.0 Å². The average Bonchev–Trinajstić information content (AvgIpc) is 2.83. The highest BCUT2D eigenvalue weighted by Gasteiger charge is 2.11. The Morgan fingerprint density at radius 3 is 2.43 bits per heavy atom. The van der Waals surface area contributed by atoms with Crippen LogP contribution in [-0.2, 0) is 14.3 Å². The van der Waals surface area contributed by atoms with Gasteiger partial charge in [0.05, 0.1) is 0 Å². The fourth-order valence-electron chi connectivity index (χ4n) is 2.43. The first-order valence-corrected chi connectivity index (χ1v) is 8.22. The third-order valence-corrected chi connectivity index (χ3v) is 3.61. The van der Waals surface area contributed by atoms with Crippen molar-refractivity contribution in [3.63, 3.8) is 0 Å². The summed E-state index contributed by atoms with van der Waals surface area (Å²) in [5.41, 5.74) is 4.60. The zero-order chi connectivity index (χ0) is 17.2. The maximum atomic E-state index is 11.7. The molecule has 0 atom stereocenters. The van der Waals surface area contributed by atoms with Crippen LogP contribution >= 0.6 is 0 Å². The molecule has 0 amide bonds. The van der Waals surface area contributed by atoms with Crippen molar-refractivity contribution in [2.45, 2.75) is 59.8 Å². The second kappa shape index (κ2) is 9.98. The summed E-state index contributed by atoms with van der Waals surface area (Å²) in [6.07, 6.45) is 12.0. The minimum Gasteiger partial charge on any atom is -0.458 e. The molecule has 1 rings (SSSR count). The van der Waals surface area contributed by atoms with Crippen LogP contribution < -0.4 is 0 Å². The predicted molar refractivity (Wildman–Crippen MR) is 94.1 cm³/mol. The van der Waals surface area contributed by atoms with Gasteiger partial charge in [0.25, 0.3) is 0 Å². The van der Waals surface area contributed by atoms with E-state index in [9.17, 15) is 9.59 Å². The maximum Gasteiger partial charge on any atom is 0.331 e. The summed E-state index contributed by atoms with van der Waals surface area (Å²) in [7, 11) is 0. The second-order valence-electron chi connectivity index (χ2n) is 6.45. The minimum absolute atomic E-state index is 0.174. The molecule has 126 valence electrons. The van der Waals surface area contributed by atoms with Gasteiger partial charge in [0, 0.05) is 12.5 Å². The number of esters is 1. The zero-order valence-corrected chi connectivity index (χ0v) is 14.8. The number of ketones is 1. The summed E-state index contributed by atoms with van der Waals surface area (Å²) in [5, 5.41) is 0. The number of carbonyl (C=O) groups excluding carboxylic acids is 2. The first-order chi connectivity index (χ1) is 10.9. The summed E-state index contributed by atoms with van der Waals surface area (Å²) in [5.74, 6) is -0.0448. The Morgan fingerprint density at radius 2 is 1.83 bits per heavy atom. The number of carbonyl (C=O) groups is 2. The van der Waals surface area contributed by atoms with E-state index in [2.05, 4.69) is 19.1 Å². The van der Waals surface area contributed by atoms with Gasteiger partial charge < -0.3 is 4.74 Å². The molecule has 0 aliphatic carbocycles. The molecule has 0 aromatic rings. The van der Waals surface area contributed by atoms with E-state index in [1.165, 1.54) is 5.57 Å². The number of hydrogen-bond donors (Lipinski definition) is 0. The highest BCUT2D eigenvalue weighted by Crippen LogP contribution is 2.15. The van der Waals surface area contributed by atoms with Crippen LogP contribution in [0.1, 0.15) is 59.8 Å². The van der Waals surface area contributed by atoms with E-state index in [1.807, 2.05) is 20.8 Å². The lowest BCUT2D eigenvalue weighted by Crippen LogP contribution is -1.94. The Kier molecular flexibility index (Phi) is 8.31. The molecule has 0 saturated carbocycles. The molecule has 0 bridgehead atoms. The normalized spacial score (nSPS) is 15.3. The van der Waals surface area contributed by atoms with Crippen LogP contribution in [0.5, 0.6) is 0 Å². The number of hydrogen-bond acceptors (Lipinski definition) is 3. The molecule has 0 radical (unpaired) electrons. The van der Waals surface area contributed by atoms with Gasteiger partial charge in [-0.05, 0) is 65.0 Å². The Bertz CT molecular complexity index is 555. The standard InChI is InChI=1S/C20H28O3/c1-15(2)11-19(21)12-17(4)9-5-7-16(3)8-6-10-18-13-20(22)23-14-18/h8-9,11,13H,5-7,10,12,14H2,1-4H3. The number of ether oxygens (including phenoxy) is 1. The lowest BCUT2D eigenvalue weighted by atomic mass is 10.0. The van der Waals surface area contributed by atoms with Crippen LogP contribution in [0.4, 0.5) is 0 Å². The van der Waals surface area contributed by atoms with E-state index < -0.39 is 0 Å². The van der Waals surface area contributed by atoms with Gasteiger partial charge in [-0.1, -0.05) is 28.9 Å². The van der Waals surface area contributed by atoms with E-state index in [-0.39, 0.29) is 11.8 Å². The van der Waals surface area contributed by atoms with Crippen molar-refractivity contribution in [3.8, 4) is 0 Å². The Hall–Kier alpha value is -1.90. The largest absolute Gasteiger partial charge is 0.458 e. The second-order valence-corrected chi connectivity index (χ2v) is 6.45. The third kappa shape index (κ3) is 8.97. The molecule has 23 heavy (non-hydrogen) atoms. The lowest BCUT2D eigenvalue weighted by Gasteiger charge is -2.02. The predicted octanol–water partition coefficient (Wildman–Crippen LogP) is 4.85. The van der Waals surface area contributed by atoms with Gasteiger partial charge in [0.2, 0.25) is 0 Å². The van der Waals surface area contributed by atoms with Crippen LogP contribution in [0.25, 0.3) is 0 Å². The zero-order valence-electron chi connectivity index (χ0n) is 14.8. The molecule has 1 heterocycles. The fourth-order valence-corrected chi connectivity index (χ4v) is 2.43. The summed E-state index contributed by atoms with van der Waals surface area (Å²) in [4.78, 5) is 22.6.